The lowest BCUT2D eigenvalue weighted by atomic mass is 10.1. The number of rotatable bonds is 5. The molecule has 0 aromatic rings. The second-order valence-electron chi connectivity index (χ2n) is 5.03. The van der Waals surface area contributed by atoms with Crippen LogP contribution in [0.2, 0.25) is 0 Å². The lowest BCUT2D eigenvalue weighted by molar-refractivity contribution is -0.244. The molecule has 0 spiro atoms. The average molecular weight is 270 g/mol. The zero-order valence-corrected chi connectivity index (χ0v) is 11.7. The summed E-state index contributed by atoms with van der Waals surface area (Å²) in [6.45, 7) is 10.2. The summed E-state index contributed by atoms with van der Waals surface area (Å²) in [5, 5.41) is 0. The minimum Gasteiger partial charge on any atom is -0.470 e. The Kier molecular flexibility index (Phi) is 4.62. The summed E-state index contributed by atoms with van der Waals surface area (Å²) in [7, 11) is 0. The van der Waals surface area contributed by atoms with Gasteiger partial charge in [-0.2, -0.15) is 0 Å². The fourth-order valence-electron chi connectivity index (χ4n) is 2.34. The highest BCUT2D eigenvalue weighted by Gasteiger charge is 2.52. The third-order valence-electron chi connectivity index (χ3n) is 2.99. The largest absolute Gasteiger partial charge is 0.470 e. The topological polar surface area (TPSA) is 46.2 Å². The molecule has 108 valence electrons. The average Bonchev–Trinajstić information content (AvgIpc) is 2.68. The number of allylic oxidation sites excluding steroid dienone is 1. The first-order valence-corrected chi connectivity index (χ1v) is 6.54. The maximum Gasteiger partial charge on any atom is 0.228 e. The van der Waals surface area contributed by atoms with Crippen molar-refractivity contribution in [3.63, 3.8) is 0 Å². The van der Waals surface area contributed by atoms with Crippen LogP contribution in [0.3, 0.4) is 0 Å². The highest BCUT2D eigenvalue weighted by molar-refractivity contribution is 4.93. The summed E-state index contributed by atoms with van der Waals surface area (Å²) in [6.07, 6.45) is 3.93. The van der Waals surface area contributed by atoms with E-state index >= 15 is 0 Å². The molecule has 4 atom stereocenters. The molecule has 0 radical (unpaired) electrons. The molecule has 2 fully saturated rings. The van der Waals surface area contributed by atoms with Gasteiger partial charge < -0.3 is 23.7 Å². The summed E-state index contributed by atoms with van der Waals surface area (Å²) in [5.41, 5.74) is 0. The molecule has 5 nitrogen and oxygen atoms in total. The summed E-state index contributed by atoms with van der Waals surface area (Å²) < 4.78 is 28.6. The predicted octanol–water partition coefficient (Wildman–Crippen LogP) is 1.98. The lowest BCUT2D eigenvalue weighted by Crippen LogP contribution is -2.53. The van der Waals surface area contributed by atoms with Gasteiger partial charge in [0.05, 0.1) is 19.5 Å². The van der Waals surface area contributed by atoms with Crippen LogP contribution in [0.5, 0.6) is 0 Å². The molecule has 2 heterocycles. The van der Waals surface area contributed by atoms with Crippen molar-refractivity contribution >= 4 is 0 Å². The van der Waals surface area contributed by atoms with Gasteiger partial charge in [-0.15, -0.1) is 6.58 Å². The van der Waals surface area contributed by atoms with Crippen molar-refractivity contribution in [3.8, 4) is 0 Å². The van der Waals surface area contributed by atoms with Gasteiger partial charge in [-0.25, -0.2) is 0 Å². The number of hydrogen-bond donors (Lipinski definition) is 0. The van der Waals surface area contributed by atoms with Gasteiger partial charge in [0.15, 0.2) is 5.79 Å². The van der Waals surface area contributed by atoms with Crippen LogP contribution in [0.25, 0.3) is 0 Å². The van der Waals surface area contributed by atoms with E-state index in [2.05, 4.69) is 6.58 Å². The molecule has 0 amide bonds. The molecule has 2 aliphatic heterocycles. The standard InChI is InChI=1S/C14H22O5/c1-5-7-15-12-11-10(18-14(3,4)19-11)9-17-13(12)16-8-6-2/h5-6,8,10-13H,1,7,9H2,2-4H3/b8-6-/t10-,11?,12?,13-/m1/s1. The minimum absolute atomic E-state index is 0.129. The van der Waals surface area contributed by atoms with Crippen molar-refractivity contribution in [2.75, 3.05) is 13.2 Å². The van der Waals surface area contributed by atoms with Crippen LogP contribution in [0, 0.1) is 0 Å². The van der Waals surface area contributed by atoms with Crippen LogP contribution in [0.1, 0.15) is 20.8 Å². The Hall–Kier alpha value is -0.880. The van der Waals surface area contributed by atoms with Gasteiger partial charge in [-0.1, -0.05) is 12.2 Å². The van der Waals surface area contributed by atoms with E-state index in [0.717, 1.165) is 0 Å². The van der Waals surface area contributed by atoms with E-state index in [1.165, 1.54) is 0 Å². The molecule has 0 aromatic carbocycles. The smallest absolute Gasteiger partial charge is 0.228 e. The molecule has 2 saturated heterocycles. The molecular weight excluding hydrogens is 248 g/mol. The molecule has 2 rings (SSSR count). The first kappa shape index (κ1) is 14.5. The van der Waals surface area contributed by atoms with Gasteiger partial charge in [0.2, 0.25) is 6.29 Å². The molecule has 2 aliphatic rings. The second kappa shape index (κ2) is 6.05. The number of hydrogen-bond acceptors (Lipinski definition) is 5. The van der Waals surface area contributed by atoms with E-state index in [4.69, 9.17) is 23.7 Å². The van der Waals surface area contributed by atoms with E-state index in [1.54, 1.807) is 18.4 Å². The summed E-state index contributed by atoms with van der Waals surface area (Å²) in [4.78, 5) is 0. The van der Waals surface area contributed by atoms with Crippen LogP contribution >= 0.6 is 0 Å². The van der Waals surface area contributed by atoms with E-state index in [1.807, 2.05) is 20.8 Å². The van der Waals surface area contributed by atoms with Crippen molar-refractivity contribution in [1.29, 1.82) is 0 Å². The third-order valence-corrected chi connectivity index (χ3v) is 2.99. The van der Waals surface area contributed by atoms with Crippen molar-refractivity contribution in [2.24, 2.45) is 0 Å². The van der Waals surface area contributed by atoms with E-state index in [9.17, 15) is 0 Å². The van der Waals surface area contributed by atoms with Crippen LogP contribution in [0.15, 0.2) is 25.0 Å². The molecule has 5 heteroatoms. The Morgan fingerprint density at radius 1 is 1.37 bits per heavy atom. The lowest BCUT2D eigenvalue weighted by Gasteiger charge is -2.36. The molecule has 0 bridgehead atoms. The van der Waals surface area contributed by atoms with Gasteiger partial charge in [0.25, 0.3) is 0 Å². The van der Waals surface area contributed by atoms with Crippen LogP contribution < -0.4 is 0 Å². The minimum atomic E-state index is -0.621. The quantitative estimate of drug-likeness (QED) is 0.564. The predicted molar refractivity (Wildman–Crippen MR) is 69.4 cm³/mol. The Labute approximate surface area is 114 Å². The first-order chi connectivity index (χ1) is 9.07. The molecule has 0 aliphatic carbocycles. The first-order valence-electron chi connectivity index (χ1n) is 6.54. The summed E-state index contributed by atoms with van der Waals surface area (Å²) in [5.74, 6) is -0.621. The Bertz CT molecular complexity index is 339. The van der Waals surface area contributed by atoms with Crippen molar-refractivity contribution < 1.29 is 23.7 Å². The van der Waals surface area contributed by atoms with Gasteiger partial charge >= 0.3 is 0 Å². The molecule has 19 heavy (non-hydrogen) atoms. The van der Waals surface area contributed by atoms with Crippen molar-refractivity contribution in [2.45, 2.75) is 51.2 Å². The van der Waals surface area contributed by atoms with Crippen LogP contribution in [-0.4, -0.2) is 43.6 Å². The Balaban J connectivity index is 2.08. The second-order valence-corrected chi connectivity index (χ2v) is 5.03. The van der Waals surface area contributed by atoms with Crippen LogP contribution in [-0.2, 0) is 23.7 Å². The van der Waals surface area contributed by atoms with Gasteiger partial charge in [0, 0.05) is 0 Å². The van der Waals surface area contributed by atoms with Crippen molar-refractivity contribution in [1.82, 2.24) is 0 Å². The Morgan fingerprint density at radius 2 is 2.16 bits per heavy atom. The molecule has 0 saturated carbocycles. The van der Waals surface area contributed by atoms with E-state index in [-0.39, 0.29) is 18.3 Å². The maximum atomic E-state index is 5.91. The fourth-order valence-corrected chi connectivity index (χ4v) is 2.34. The third kappa shape index (κ3) is 3.36. The Morgan fingerprint density at radius 3 is 2.84 bits per heavy atom. The SMILES string of the molecule is C=CCOC1C2OC(C)(C)O[C@@H]2CO[C@H]1O/C=C\C. The number of fused-ring (bicyclic) bond motifs is 1. The van der Waals surface area contributed by atoms with Gasteiger partial charge in [-0.3, -0.25) is 0 Å². The van der Waals surface area contributed by atoms with Crippen LogP contribution in [0.4, 0.5) is 0 Å². The van der Waals surface area contributed by atoms with Gasteiger partial charge in [-0.05, 0) is 20.8 Å². The zero-order chi connectivity index (χ0) is 13.9. The van der Waals surface area contributed by atoms with Crippen molar-refractivity contribution in [3.05, 3.63) is 25.0 Å². The molecule has 0 N–H and O–H groups in total. The molecular formula is C14H22O5. The fraction of sp³-hybridized carbons (Fsp3) is 0.714. The monoisotopic (exact) mass is 270 g/mol. The van der Waals surface area contributed by atoms with Gasteiger partial charge in [0.1, 0.15) is 18.3 Å². The van der Waals surface area contributed by atoms with E-state index < -0.39 is 12.1 Å². The number of ether oxygens (including phenoxy) is 5. The van der Waals surface area contributed by atoms with E-state index in [0.29, 0.717) is 13.2 Å². The molecule has 2 unspecified atom stereocenters. The summed E-state index contributed by atoms with van der Waals surface area (Å²) >= 11 is 0. The summed E-state index contributed by atoms with van der Waals surface area (Å²) in [6, 6.07) is 0. The normalized spacial score (nSPS) is 37.2. The maximum absolute atomic E-state index is 5.91. The zero-order valence-electron chi connectivity index (χ0n) is 11.7. The highest BCUT2D eigenvalue weighted by atomic mass is 16.8. The highest BCUT2D eigenvalue weighted by Crippen LogP contribution is 2.36. The molecule has 0 aromatic heterocycles.